The third kappa shape index (κ3) is 3.85. The molecular weight excluding hydrogens is 398 g/mol. The molecule has 0 unspecified atom stereocenters. The summed E-state index contributed by atoms with van der Waals surface area (Å²) in [7, 11) is 0. The van der Waals surface area contributed by atoms with Gasteiger partial charge in [-0.15, -0.1) is 11.3 Å². The van der Waals surface area contributed by atoms with Crippen LogP contribution < -0.4 is 5.32 Å². The van der Waals surface area contributed by atoms with E-state index in [4.69, 9.17) is 0 Å². The first-order valence-corrected chi connectivity index (χ1v) is 10.7. The molecule has 0 saturated carbocycles. The molecule has 3 aromatic heterocycles. The quantitative estimate of drug-likeness (QED) is 0.382. The van der Waals surface area contributed by atoms with Gasteiger partial charge in [-0.25, -0.2) is 9.97 Å². The SMILES string of the molecule is Cc1sc2ncnc(SCC(=O)Nc3nc(-c4ccccc4)ns3)c2c1C. The van der Waals surface area contributed by atoms with Gasteiger partial charge in [0.1, 0.15) is 16.2 Å². The van der Waals surface area contributed by atoms with E-state index < -0.39 is 0 Å². The zero-order valence-electron chi connectivity index (χ0n) is 14.6. The Balaban J connectivity index is 1.43. The van der Waals surface area contributed by atoms with Crippen molar-refractivity contribution in [1.29, 1.82) is 0 Å². The second kappa shape index (κ2) is 7.71. The second-order valence-corrected chi connectivity index (χ2v) is 8.69. The molecule has 136 valence electrons. The maximum atomic E-state index is 12.3. The van der Waals surface area contributed by atoms with Gasteiger partial charge in [-0.1, -0.05) is 42.1 Å². The number of thioether (sulfide) groups is 1. The molecular formula is C18H15N5OS3. The summed E-state index contributed by atoms with van der Waals surface area (Å²) < 4.78 is 4.30. The molecule has 0 aliphatic rings. The van der Waals surface area contributed by atoms with Gasteiger partial charge in [0.2, 0.25) is 11.0 Å². The van der Waals surface area contributed by atoms with Crippen LogP contribution in [-0.2, 0) is 4.79 Å². The number of hydrogen-bond donors (Lipinski definition) is 1. The van der Waals surface area contributed by atoms with Gasteiger partial charge < -0.3 is 0 Å². The lowest BCUT2D eigenvalue weighted by Crippen LogP contribution is -2.14. The minimum atomic E-state index is -0.132. The number of nitrogens with one attached hydrogen (secondary N) is 1. The summed E-state index contributed by atoms with van der Waals surface area (Å²) in [5, 5.41) is 5.18. The van der Waals surface area contributed by atoms with E-state index in [1.807, 2.05) is 30.3 Å². The van der Waals surface area contributed by atoms with Crippen LogP contribution in [0.5, 0.6) is 0 Å². The van der Waals surface area contributed by atoms with E-state index in [0.29, 0.717) is 11.0 Å². The summed E-state index contributed by atoms with van der Waals surface area (Å²) in [6.45, 7) is 4.14. The fourth-order valence-electron chi connectivity index (χ4n) is 2.53. The van der Waals surface area contributed by atoms with Crippen molar-refractivity contribution < 1.29 is 4.79 Å². The highest BCUT2D eigenvalue weighted by atomic mass is 32.2. The van der Waals surface area contributed by atoms with Crippen molar-refractivity contribution >= 4 is 55.9 Å². The number of carbonyl (C=O) groups is 1. The van der Waals surface area contributed by atoms with Crippen molar-refractivity contribution in [3.05, 3.63) is 47.1 Å². The number of anilines is 1. The lowest BCUT2D eigenvalue weighted by molar-refractivity contribution is -0.113. The maximum absolute atomic E-state index is 12.3. The van der Waals surface area contributed by atoms with Crippen molar-refractivity contribution in [1.82, 2.24) is 19.3 Å². The van der Waals surface area contributed by atoms with Crippen LogP contribution >= 0.6 is 34.6 Å². The summed E-state index contributed by atoms with van der Waals surface area (Å²) in [5.74, 6) is 0.735. The molecule has 0 atom stereocenters. The fourth-order valence-corrected chi connectivity index (χ4v) is 5.05. The van der Waals surface area contributed by atoms with Gasteiger partial charge in [0.05, 0.1) is 5.75 Å². The summed E-state index contributed by atoms with van der Waals surface area (Å²) >= 11 is 4.23. The largest absolute Gasteiger partial charge is 0.300 e. The van der Waals surface area contributed by atoms with E-state index in [1.54, 1.807) is 17.7 Å². The molecule has 0 aliphatic heterocycles. The van der Waals surface area contributed by atoms with Gasteiger partial charge in [-0.2, -0.15) is 9.36 Å². The molecule has 6 nitrogen and oxygen atoms in total. The highest BCUT2D eigenvalue weighted by Crippen LogP contribution is 2.34. The normalized spacial score (nSPS) is 11.0. The van der Waals surface area contributed by atoms with Crippen LogP contribution in [0.1, 0.15) is 10.4 Å². The van der Waals surface area contributed by atoms with Gasteiger partial charge in [-0.05, 0) is 19.4 Å². The third-order valence-corrected chi connectivity index (χ3v) is 6.71. The van der Waals surface area contributed by atoms with E-state index in [0.717, 1.165) is 20.8 Å². The molecule has 27 heavy (non-hydrogen) atoms. The van der Waals surface area contributed by atoms with Crippen molar-refractivity contribution in [3.8, 4) is 11.4 Å². The predicted molar refractivity (Wildman–Crippen MR) is 112 cm³/mol. The minimum Gasteiger partial charge on any atom is -0.300 e. The van der Waals surface area contributed by atoms with Crippen LogP contribution in [0.3, 0.4) is 0 Å². The molecule has 0 aliphatic carbocycles. The first-order valence-electron chi connectivity index (χ1n) is 8.14. The van der Waals surface area contributed by atoms with E-state index >= 15 is 0 Å². The molecule has 4 rings (SSSR count). The molecule has 1 aromatic carbocycles. The van der Waals surface area contributed by atoms with E-state index in [2.05, 4.69) is 38.5 Å². The maximum Gasteiger partial charge on any atom is 0.236 e. The number of nitrogens with zero attached hydrogens (tertiary/aromatic N) is 4. The summed E-state index contributed by atoms with van der Waals surface area (Å²) in [5.41, 5.74) is 2.10. The monoisotopic (exact) mass is 413 g/mol. The topological polar surface area (TPSA) is 80.7 Å². The number of fused-ring (bicyclic) bond motifs is 1. The smallest absolute Gasteiger partial charge is 0.236 e. The van der Waals surface area contributed by atoms with Crippen molar-refractivity contribution in [3.63, 3.8) is 0 Å². The highest BCUT2D eigenvalue weighted by Gasteiger charge is 2.15. The molecule has 0 spiro atoms. The highest BCUT2D eigenvalue weighted by molar-refractivity contribution is 8.00. The Morgan fingerprint density at radius 3 is 2.81 bits per heavy atom. The minimum absolute atomic E-state index is 0.132. The Hall–Kier alpha value is -2.36. The molecule has 1 N–H and O–H groups in total. The molecule has 0 bridgehead atoms. The molecule has 3 heterocycles. The summed E-state index contributed by atoms with van der Waals surface area (Å²) in [4.78, 5) is 27.6. The number of thiophene rings is 1. The standard InChI is InChI=1S/C18H15N5OS3/c1-10-11(2)26-17-14(10)16(19-9-20-17)25-8-13(24)21-18-22-15(23-27-18)12-6-4-3-5-7-12/h3-7,9H,8H2,1-2H3,(H,21,22,23,24). The number of rotatable bonds is 5. The first-order chi connectivity index (χ1) is 13.1. The van der Waals surface area contributed by atoms with Gasteiger partial charge in [0.25, 0.3) is 0 Å². The predicted octanol–water partition coefficient (Wildman–Crippen LogP) is 4.56. The van der Waals surface area contributed by atoms with Gasteiger partial charge in [0, 0.05) is 27.4 Å². The zero-order chi connectivity index (χ0) is 18.8. The first kappa shape index (κ1) is 18.0. The Kier molecular flexibility index (Phi) is 5.15. The molecule has 0 saturated heterocycles. The van der Waals surface area contributed by atoms with E-state index in [1.165, 1.54) is 33.7 Å². The number of aromatic nitrogens is 4. The molecule has 0 radical (unpaired) electrons. The second-order valence-electron chi connectivity index (χ2n) is 5.77. The number of carbonyl (C=O) groups excluding carboxylic acids is 1. The van der Waals surface area contributed by atoms with Gasteiger partial charge in [0.15, 0.2) is 5.82 Å². The average Bonchev–Trinajstić information content (AvgIpc) is 3.26. The number of aryl methyl sites for hydroxylation is 2. The molecule has 9 heteroatoms. The Labute approximate surface area is 168 Å². The van der Waals surface area contributed by atoms with Crippen molar-refractivity contribution in [2.45, 2.75) is 18.9 Å². The Bertz CT molecular complexity index is 1110. The Morgan fingerprint density at radius 2 is 2.00 bits per heavy atom. The van der Waals surface area contributed by atoms with Crippen LogP contribution in [0, 0.1) is 13.8 Å². The summed E-state index contributed by atoms with van der Waals surface area (Å²) in [6, 6.07) is 9.68. The van der Waals surface area contributed by atoms with Gasteiger partial charge >= 0.3 is 0 Å². The average molecular weight is 414 g/mol. The number of benzene rings is 1. The zero-order valence-corrected chi connectivity index (χ0v) is 17.0. The van der Waals surface area contributed by atoms with Crippen molar-refractivity contribution in [2.75, 3.05) is 11.1 Å². The third-order valence-electron chi connectivity index (χ3n) is 3.97. The Morgan fingerprint density at radius 1 is 1.19 bits per heavy atom. The summed E-state index contributed by atoms with van der Waals surface area (Å²) in [6.07, 6.45) is 1.55. The lowest BCUT2D eigenvalue weighted by Gasteiger charge is -2.03. The van der Waals surface area contributed by atoms with Crippen LogP contribution in [0.15, 0.2) is 41.7 Å². The number of hydrogen-bond acceptors (Lipinski definition) is 8. The van der Waals surface area contributed by atoms with E-state index in [9.17, 15) is 4.79 Å². The lowest BCUT2D eigenvalue weighted by atomic mass is 10.2. The van der Waals surface area contributed by atoms with Crippen LogP contribution in [0.25, 0.3) is 21.6 Å². The number of amides is 1. The molecule has 1 amide bonds. The van der Waals surface area contributed by atoms with Crippen LogP contribution in [0.2, 0.25) is 0 Å². The van der Waals surface area contributed by atoms with Crippen LogP contribution in [0.4, 0.5) is 5.13 Å². The van der Waals surface area contributed by atoms with E-state index in [-0.39, 0.29) is 11.7 Å². The van der Waals surface area contributed by atoms with Crippen LogP contribution in [-0.4, -0.2) is 31.0 Å². The molecule has 0 fully saturated rings. The molecule has 4 aromatic rings. The van der Waals surface area contributed by atoms with Crippen molar-refractivity contribution in [2.24, 2.45) is 0 Å². The fraction of sp³-hybridized carbons (Fsp3) is 0.167. The van der Waals surface area contributed by atoms with Gasteiger partial charge in [-0.3, -0.25) is 10.1 Å².